The molecule has 0 unspecified atom stereocenters. The summed E-state index contributed by atoms with van der Waals surface area (Å²) in [6, 6.07) is 0. The minimum atomic E-state index is -0.331. The van der Waals surface area contributed by atoms with Crippen molar-refractivity contribution in [1.82, 2.24) is 0 Å². The number of esters is 1. The van der Waals surface area contributed by atoms with E-state index in [0.717, 1.165) is 6.42 Å². The Labute approximate surface area is 144 Å². The third-order valence-corrected chi connectivity index (χ3v) is 4.22. The standard InChI is InChI=1S/C21H38O2/c1-3-4-5-6-7-8-9-10-11-12-13-14-15-16-17-18-19-20-21(22)23-2/h18,20H,3-17H2,1-2H3. The zero-order valence-corrected chi connectivity index (χ0v) is 15.6. The third-order valence-electron chi connectivity index (χ3n) is 4.22. The summed E-state index contributed by atoms with van der Waals surface area (Å²) in [5, 5.41) is 0. The van der Waals surface area contributed by atoms with E-state index in [9.17, 15) is 4.79 Å². The van der Waals surface area contributed by atoms with Gasteiger partial charge in [0.1, 0.15) is 0 Å². The van der Waals surface area contributed by atoms with E-state index in [1.165, 1.54) is 103 Å². The van der Waals surface area contributed by atoms with Crippen LogP contribution in [0.15, 0.2) is 17.9 Å². The number of carbonyl (C=O) groups is 1. The average Bonchev–Trinajstić information content (AvgIpc) is 2.57. The molecule has 0 N–H and O–H groups in total. The lowest BCUT2D eigenvalue weighted by atomic mass is 10.0. The van der Waals surface area contributed by atoms with Gasteiger partial charge in [-0.2, -0.15) is 0 Å². The van der Waals surface area contributed by atoms with Crippen LogP contribution in [0.1, 0.15) is 103 Å². The molecule has 0 aromatic carbocycles. The molecule has 0 atom stereocenters. The highest BCUT2D eigenvalue weighted by atomic mass is 16.5. The highest BCUT2D eigenvalue weighted by molar-refractivity contribution is 5.81. The molecule has 134 valence electrons. The Kier molecular flexibility index (Phi) is 18.2. The summed E-state index contributed by atoms with van der Waals surface area (Å²) < 4.78 is 4.50. The lowest BCUT2D eigenvalue weighted by Gasteiger charge is -2.02. The SMILES string of the molecule is CCCCCCCCCCCCCCCCC=C=CC(=O)OC. The van der Waals surface area contributed by atoms with Crippen LogP contribution in [0.5, 0.6) is 0 Å². The predicted octanol–water partition coefficient (Wildman–Crippen LogP) is 6.74. The minimum Gasteiger partial charge on any atom is -0.465 e. The van der Waals surface area contributed by atoms with Crippen molar-refractivity contribution in [2.45, 2.75) is 103 Å². The van der Waals surface area contributed by atoms with Crippen LogP contribution >= 0.6 is 0 Å². The van der Waals surface area contributed by atoms with Crippen molar-refractivity contribution in [2.24, 2.45) is 0 Å². The monoisotopic (exact) mass is 322 g/mol. The van der Waals surface area contributed by atoms with E-state index in [1.54, 1.807) is 0 Å². The number of unbranched alkanes of at least 4 members (excludes halogenated alkanes) is 14. The average molecular weight is 323 g/mol. The summed E-state index contributed by atoms with van der Waals surface area (Å²) in [5.41, 5.74) is 2.86. The van der Waals surface area contributed by atoms with Crippen molar-refractivity contribution in [1.29, 1.82) is 0 Å². The van der Waals surface area contributed by atoms with Crippen LogP contribution in [-0.2, 0) is 9.53 Å². The fourth-order valence-electron chi connectivity index (χ4n) is 2.71. The van der Waals surface area contributed by atoms with Gasteiger partial charge in [-0.25, -0.2) is 4.79 Å². The van der Waals surface area contributed by atoms with Crippen molar-refractivity contribution in [3.05, 3.63) is 17.9 Å². The molecule has 2 heteroatoms. The van der Waals surface area contributed by atoms with Crippen LogP contribution in [0.2, 0.25) is 0 Å². The van der Waals surface area contributed by atoms with E-state index < -0.39 is 0 Å². The van der Waals surface area contributed by atoms with Gasteiger partial charge < -0.3 is 4.74 Å². The second-order valence-corrected chi connectivity index (χ2v) is 6.42. The first-order valence-corrected chi connectivity index (χ1v) is 9.80. The zero-order valence-electron chi connectivity index (χ0n) is 15.6. The normalized spacial score (nSPS) is 10.2. The van der Waals surface area contributed by atoms with Gasteiger partial charge in [-0.05, 0) is 18.9 Å². The molecule has 0 spiro atoms. The van der Waals surface area contributed by atoms with Gasteiger partial charge in [-0.3, -0.25) is 0 Å². The van der Waals surface area contributed by atoms with Crippen LogP contribution in [0.3, 0.4) is 0 Å². The second kappa shape index (κ2) is 19.0. The molecule has 0 radical (unpaired) electrons. The first-order valence-electron chi connectivity index (χ1n) is 9.80. The van der Waals surface area contributed by atoms with Crippen LogP contribution in [0.25, 0.3) is 0 Å². The molecule has 0 aliphatic rings. The molecular formula is C21H38O2. The van der Waals surface area contributed by atoms with Gasteiger partial charge in [-0.15, -0.1) is 5.73 Å². The van der Waals surface area contributed by atoms with E-state index in [1.807, 2.05) is 6.08 Å². The lowest BCUT2D eigenvalue weighted by molar-refractivity contribution is -0.134. The lowest BCUT2D eigenvalue weighted by Crippen LogP contribution is -1.92. The summed E-state index contributed by atoms with van der Waals surface area (Å²) in [4.78, 5) is 10.8. The van der Waals surface area contributed by atoms with E-state index in [0.29, 0.717) is 0 Å². The van der Waals surface area contributed by atoms with Gasteiger partial charge in [-0.1, -0.05) is 90.4 Å². The summed E-state index contributed by atoms with van der Waals surface area (Å²) in [6.45, 7) is 2.28. The van der Waals surface area contributed by atoms with Gasteiger partial charge >= 0.3 is 5.97 Å². The van der Waals surface area contributed by atoms with E-state index in [-0.39, 0.29) is 5.97 Å². The Hall–Kier alpha value is -1.01. The molecule has 0 heterocycles. The molecule has 0 fully saturated rings. The maximum atomic E-state index is 10.8. The van der Waals surface area contributed by atoms with Gasteiger partial charge in [0.05, 0.1) is 13.2 Å². The molecule has 0 bridgehead atoms. The van der Waals surface area contributed by atoms with E-state index in [2.05, 4.69) is 17.4 Å². The van der Waals surface area contributed by atoms with Crippen molar-refractivity contribution < 1.29 is 9.53 Å². The molecular weight excluding hydrogens is 284 g/mol. The molecule has 0 aromatic rings. The summed E-state index contributed by atoms with van der Waals surface area (Å²) in [7, 11) is 1.38. The highest BCUT2D eigenvalue weighted by Crippen LogP contribution is 2.13. The number of rotatable bonds is 16. The van der Waals surface area contributed by atoms with Gasteiger partial charge in [0, 0.05) is 0 Å². The minimum absolute atomic E-state index is 0.331. The first-order chi connectivity index (χ1) is 11.3. The third kappa shape index (κ3) is 18.9. The Balaban J connectivity index is 3.13. The molecule has 0 aromatic heterocycles. The van der Waals surface area contributed by atoms with Crippen LogP contribution in [0.4, 0.5) is 0 Å². The summed E-state index contributed by atoms with van der Waals surface area (Å²) >= 11 is 0. The van der Waals surface area contributed by atoms with Gasteiger partial charge in [0.2, 0.25) is 0 Å². The largest absolute Gasteiger partial charge is 0.465 e. The van der Waals surface area contributed by atoms with E-state index in [4.69, 9.17) is 0 Å². The molecule has 0 aliphatic carbocycles. The Morgan fingerprint density at radius 2 is 1.22 bits per heavy atom. The van der Waals surface area contributed by atoms with Gasteiger partial charge in [0.15, 0.2) is 0 Å². The van der Waals surface area contributed by atoms with E-state index >= 15 is 0 Å². The topological polar surface area (TPSA) is 26.3 Å². The van der Waals surface area contributed by atoms with Crippen molar-refractivity contribution in [3.63, 3.8) is 0 Å². The molecule has 0 rings (SSSR count). The van der Waals surface area contributed by atoms with Gasteiger partial charge in [0.25, 0.3) is 0 Å². The maximum Gasteiger partial charge on any atom is 0.338 e. The fraction of sp³-hybridized carbons (Fsp3) is 0.810. The number of hydrogen-bond acceptors (Lipinski definition) is 2. The van der Waals surface area contributed by atoms with Crippen LogP contribution < -0.4 is 0 Å². The van der Waals surface area contributed by atoms with Crippen LogP contribution in [-0.4, -0.2) is 13.1 Å². The Bertz CT molecular complexity index is 314. The molecule has 0 aliphatic heterocycles. The molecule has 2 nitrogen and oxygen atoms in total. The second-order valence-electron chi connectivity index (χ2n) is 6.42. The molecule has 0 saturated heterocycles. The Morgan fingerprint density at radius 3 is 1.65 bits per heavy atom. The molecule has 23 heavy (non-hydrogen) atoms. The molecule has 0 amide bonds. The van der Waals surface area contributed by atoms with Crippen molar-refractivity contribution in [2.75, 3.05) is 7.11 Å². The number of ether oxygens (including phenoxy) is 1. The fourth-order valence-corrected chi connectivity index (χ4v) is 2.71. The highest BCUT2D eigenvalue weighted by Gasteiger charge is 1.93. The quantitative estimate of drug-likeness (QED) is 0.136. The molecule has 0 saturated carbocycles. The predicted molar refractivity (Wildman–Crippen MR) is 99.6 cm³/mol. The zero-order chi connectivity index (χ0) is 17.0. The number of carbonyl (C=O) groups excluding carboxylic acids is 1. The summed E-state index contributed by atoms with van der Waals surface area (Å²) in [6.07, 6.45) is 23.7. The first kappa shape index (κ1) is 22.0. The van der Waals surface area contributed by atoms with Crippen molar-refractivity contribution >= 4 is 5.97 Å². The number of hydrogen-bond donors (Lipinski definition) is 0. The Morgan fingerprint density at radius 1 is 0.783 bits per heavy atom. The summed E-state index contributed by atoms with van der Waals surface area (Å²) in [5.74, 6) is -0.331. The maximum absolute atomic E-state index is 10.8. The number of methoxy groups -OCH3 is 1. The van der Waals surface area contributed by atoms with Crippen molar-refractivity contribution in [3.8, 4) is 0 Å². The smallest absolute Gasteiger partial charge is 0.338 e. The van der Waals surface area contributed by atoms with Crippen LogP contribution in [0, 0.1) is 0 Å².